The van der Waals surface area contributed by atoms with E-state index in [-0.39, 0.29) is 23.1 Å². The maximum Gasteiger partial charge on any atom is 0.338 e. The van der Waals surface area contributed by atoms with E-state index in [0.717, 1.165) is 20.8 Å². The largest absolute Gasteiger partial charge is 0.459 e. The van der Waals surface area contributed by atoms with Crippen molar-refractivity contribution in [2.45, 2.75) is 108 Å². The minimum absolute atomic E-state index is 0.0839. The SMILES string of the molecule is C=C(C)C1(OC(C)=O)C(OC(=O)c2ccccc2)C(C)C2(O)C(C(OC(C)=O)C3(C)OC4(C(O)C(C)CC24)C3OC(=O)c2ccccc2)C1OC(C)=O. The lowest BCUT2D eigenvalue weighted by Crippen LogP contribution is -2.80. The second kappa shape index (κ2) is 13.4. The van der Waals surface area contributed by atoms with Crippen LogP contribution in [-0.4, -0.2) is 93.0 Å². The summed E-state index contributed by atoms with van der Waals surface area (Å²) in [5.74, 6) is -8.57. The second-order valence-corrected chi connectivity index (χ2v) is 15.1. The molecular weight excluding hydrogens is 688 g/mol. The van der Waals surface area contributed by atoms with Crippen LogP contribution in [0.5, 0.6) is 0 Å². The van der Waals surface area contributed by atoms with E-state index in [2.05, 4.69) is 6.58 Å². The molecule has 0 amide bonds. The van der Waals surface area contributed by atoms with E-state index in [1.807, 2.05) is 0 Å². The molecule has 13 atom stereocenters. The van der Waals surface area contributed by atoms with Gasteiger partial charge >= 0.3 is 29.8 Å². The number of ether oxygens (including phenoxy) is 6. The third-order valence-corrected chi connectivity index (χ3v) is 11.9. The first kappa shape index (κ1) is 38.1. The molecule has 0 radical (unpaired) electrons. The van der Waals surface area contributed by atoms with Gasteiger partial charge in [0.15, 0.2) is 18.3 Å². The summed E-state index contributed by atoms with van der Waals surface area (Å²) in [6.45, 7) is 13.9. The van der Waals surface area contributed by atoms with Crippen LogP contribution in [0.25, 0.3) is 0 Å². The fourth-order valence-corrected chi connectivity index (χ4v) is 9.88. The van der Waals surface area contributed by atoms with Crippen LogP contribution in [0.4, 0.5) is 0 Å². The number of aliphatic hydroxyl groups excluding tert-OH is 1. The number of aliphatic hydroxyl groups is 2. The number of hydrogen-bond donors (Lipinski definition) is 2. The van der Waals surface area contributed by atoms with E-state index in [1.54, 1.807) is 62.4 Å². The van der Waals surface area contributed by atoms with E-state index < -0.39 is 106 Å². The third kappa shape index (κ3) is 5.58. The average Bonchev–Trinajstić information content (AvgIpc) is 3.31. The van der Waals surface area contributed by atoms with Crippen molar-refractivity contribution in [1.82, 2.24) is 0 Å². The highest BCUT2D eigenvalue weighted by Crippen LogP contribution is 2.70. The molecule has 2 saturated heterocycles. The zero-order valence-electron chi connectivity index (χ0n) is 30.8. The molecule has 2 aliphatic heterocycles. The molecule has 53 heavy (non-hydrogen) atoms. The van der Waals surface area contributed by atoms with Crippen LogP contribution in [0.1, 0.15) is 75.6 Å². The highest BCUT2D eigenvalue weighted by Gasteiger charge is 2.88. The smallest absolute Gasteiger partial charge is 0.338 e. The van der Waals surface area contributed by atoms with Crippen molar-refractivity contribution in [3.8, 4) is 0 Å². The van der Waals surface area contributed by atoms with Crippen molar-refractivity contribution in [3.05, 3.63) is 83.9 Å². The van der Waals surface area contributed by atoms with Gasteiger partial charge in [0, 0.05) is 32.6 Å². The molecule has 2 heterocycles. The lowest BCUT2D eigenvalue weighted by molar-refractivity contribution is -0.388. The summed E-state index contributed by atoms with van der Waals surface area (Å²) < 4.78 is 37.5. The molecule has 2 bridgehead atoms. The zero-order chi connectivity index (χ0) is 38.8. The number of rotatable bonds is 8. The van der Waals surface area contributed by atoms with Crippen LogP contribution in [0.3, 0.4) is 0 Å². The van der Waals surface area contributed by atoms with Crippen LogP contribution in [-0.2, 0) is 42.8 Å². The molecule has 2 aromatic carbocycles. The Morgan fingerprint density at radius 2 is 1.26 bits per heavy atom. The summed E-state index contributed by atoms with van der Waals surface area (Å²) in [6.07, 6.45) is -7.48. The standard InChI is InChI=1S/C40H46O13/c1-20(2)39(52-25(7)43)31(50-34(45)26-15-11-9-12-16-26)22(4)38(47)28-19-21(3)30(44)40(28)36(51-35(46)27-17-13-10-14-18-27)37(8,53-40)32(48-23(5)41)29(38)33(39)49-24(6)42/h9-18,21-22,28-33,36,44,47H,1,19H2,2-8H3. The van der Waals surface area contributed by atoms with Crippen LogP contribution < -0.4 is 0 Å². The Kier molecular flexibility index (Phi) is 9.62. The normalized spacial score (nSPS) is 39.5. The van der Waals surface area contributed by atoms with Crippen molar-refractivity contribution in [3.63, 3.8) is 0 Å². The number of hydrogen-bond acceptors (Lipinski definition) is 13. The highest BCUT2D eigenvalue weighted by atomic mass is 16.7. The highest BCUT2D eigenvalue weighted by molar-refractivity contribution is 5.90. The Labute approximate surface area is 307 Å². The van der Waals surface area contributed by atoms with E-state index in [0.29, 0.717) is 0 Å². The minimum Gasteiger partial charge on any atom is -0.459 e. The fraction of sp³-hybridized carbons (Fsp3) is 0.525. The van der Waals surface area contributed by atoms with Crippen LogP contribution in [0, 0.1) is 23.7 Å². The quantitative estimate of drug-likeness (QED) is 0.228. The Bertz CT molecular complexity index is 1810. The molecule has 2 saturated carbocycles. The van der Waals surface area contributed by atoms with Crippen molar-refractivity contribution >= 4 is 29.8 Å². The van der Waals surface area contributed by atoms with Crippen molar-refractivity contribution in [1.29, 1.82) is 0 Å². The van der Waals surface area contributed by atoms with Gasteiger partial charge in [0.1, 0.15) is 17.3 Å². The molecule has 13 nitrogen and oxygen atoms in total. The molecule has 6 rings (SSSR count). The summed E-state index contributed by atoms with van der Waals surface area (Å²) in [7, 11) is 0. The summed E-state index contributed by atoms with van der Waals surface area (Å²) in [5.41, 5.74) is -7.52. The van der Waals surface area contributed by atoms with Gasteiger partial charge in [-0.15, -0.1) is 0 Å². The van der Waals surface area contributed by atoms with Gasteiger partial charge in [-0.05, 0) is 56.0 Å². The van der Waals surface area contributed by atoms with E-state index in [9.17, 15) is 34.2 Å². The molecule has 284 valence electrons. The summed E-state index contributed by atoms with van der Waals surface area (Å²) >= 11 is 0. The lowest BCUT2D eigenvalue weighted by atomic mass is 9.52. The number of fused-ring (bicyclic) bond motifs is 3. The van der Waals surface area contributed by atoms with E-state index >= 15 is 0 Å². The predicted molar refractivity (Wildman–Crippen MR) is 185 cm³/mol. The monoisotopic (exact) mass is 734 g/mol. The Morgan fingerprint density at radius 3 is 1.75 bits per heavy atom. The molecule has 13 heteroatoms. The van der Waals surface area contributed by atoms with Crippen LogP contribution in [0.15, 0.2) is 72.8 Å². The third-order valence-electron chi connectivity index (χ3n) is 11.9. The lowest BCUT2D eigenvalue weighted by Gasteiger charge is -2.62. The van der Waals surface area contributed by atoms with Crippen LogP contribution in [0.2, 0.25) is 0 Å². The van der Waals surface area contributed by atoms with E-state index in [1.165, 1.54) is 26.0 Å². The molecular formula is C40H46O13. The molecule has 2 aliphatic carbocycles. The molecule has 0 aromatic heterocycles. The molecule has 4 fully saturated rings. The van der Waals surface area contributed by atoms with Crippen molar-refractivity contribution in [2.75, 3.05) is 0 Å². The topological polar surface area (TPSA) is 181 Å². The summed E-state index contributed by atoms with van der Waals surface area (Å²) in [5, 5.41) is 25.7. The van der Waals surface area contributed by atoms with Gasteiger partial charge in [-0.25, -0.2) is 9.59 Å². The molecule has 4 aliphatic rings. The Balaban J connectivity index is 1.64. The number of esters is 5. The Hall–Kier alpha value is -4.59. The van der Waals surface area contributed by atoms with Gasteiger partial charge in [-0.3, -0.25) is 14.4 Å². The Morgan fingerprint density at radius 1 is 0.755 bits per heavy atom. The fourth-order valence-electron chi connectivity index (χ4n) is 9.88. The molecule has 13 unspecified atom stereocenters. The van der Waals surface area contributed by atoms with Crippen molar-refractivity contribution in [2.24, 2.45) is 23.7 Å². The van der Waals surface area contributed by atoms with Crippen molar-refractivity contribution < 1.29 is 62.6 Å². The maximum atomic E-state index is 13.9. The van der Waals surface area contributed by atoms with Gasteiger partial charge in [-0.1, -0.05) is 56.8 Å². The summed E-state index contributed by atoms with van der Waals surface area (Å²) in [4.78, 5) is 67.1. The zero-order valence-corrected chi connectivity index (χ0v) is 30.8. The first-order valence-corrected chi connectivity index (χ1v) is 17.7. The van der Waals surface area contributed by atoms with Gasteiger partial charge < -0.3 is 38.6 Å². The predicted octanol–water partition coefficient (Wildman–Crippen LogP) is 3.73. The first-order valence-electron chi connectivity index (χ1n) is 17.7. The van der Waals surface area contributed by atoms with Crippen LogP contribution >= 0.6 is 0 Å². The van der Waals surface area contributed by atoms with Gasteiger partial charge in [0.05, 0.1) is 28.7 Å². The minimum atomic E-state index is -2.21. The molecule has 1 spiro atoms. The second-order valence-electron chi connectivity index (χ2n) is 15.1. The molecule has 2 aromatic rings. The van der Waals surface area contributed by atoms with Gasteiger partial charge in [0.2, 0.25) is 5.60 Å². The number of benzene rings is 2. The number of carbonyl (C=O) groups excluding carboxylic acids is 5. The van der Waals surface area contributed by atoms with E-state index in [4.69, 9.17) is 28.4 Å². The average molecular weight is 735 g/mol. The molecule has 2 N–H and O–H groups in total. The first-order chi connectivity index (χ1) is 24.9. The number of carbonyl (C=O) groups is 5. The van der Waals surface area contributed by atoms with Gasteiger partial charge in [0.25, 0.3) is 0 Å². The summed E-state index contributed by atoms with van der Waals surface area (Å²) in [6, 6.07) is 16.2. The maximum absolute atomic E-state index is 13.9. The van der Waals surface area contributed by atoms with Gasteiger partial charge in [-0.2, -0.15) is 0 Å².